The molecule has 0 atom stereocenters. The maximum Gasteiger partial charge on any atom is 0.167 e. The van der Waals surface area contributed by atoms with E-state index in [1.165, 1.54) is 0 Å². The molecular weight excluding hydrogens is 250 g/mol. The first-order valence-electron chi connectivity index (χ1n) is 6.69. The molecule has 0 aliphatic carbocycles. The Balaban J connectivity index is 2.03. The number of anilines is 1. The Morgan fingerprint density at radius 3 is 2.20 bits per heavy atom. The van der Waals surface area contributed by atoms with E-state index in [2.05, 4.69) is 0 Å². The zero-order valence-electron chi connectivity index (χ0n) is 11.8. The zero-order valence-corrected chi connectivity index (χ0v) is 11.8. The molecule has 0 heterocycles. The Morgan fingerprint density at radius 2 is 1.65 bits per heavy atom. The summed E-state index contributed by atoms with van der Waals surface area (Å²) >= 11 is 0. The minimum absolute atomic E-state index is 0.0888. The molecule has 2 aromatic carbocycles. The van der Waals surface area contributed by atoms with E-state index in [0.29, 0.717) is 17.7 Å². The number of nitrogen functional groups attached to an aromatic ring is 1. The lowest BCUT2D eigenvalue weighted by Gasteiger charge is -2.09. The molecule has 104 valence electrons. The molecule has 0 saturated heterocycles. The molecule has 2 rings (SSSR count). The number of Topliss-reactive ketones (excluding diaryl/α,β-unsaturated/α-hetero) is 1. The van der Waals surface area contributed by atoms with Crippen LogP contribution in [0, 0.1) is 0 Å². The second kappa shape index (κ2) is 6.24. The summed E-state index contributed by atoms with van der Waals surface area (Å²) in [4.78, 5) is 12.2. The summed E-state index contributed by atoms with van der Waals surface area (Å²) in [6.07, 6.45) is 0.510. The Hall–Kier alpha value is -2.29. The predicted molar refractivity (Wildman–Crippen MR) is 81.1 cm³/mol. The fourth-order valence-electron chi connectivity index (χ4n) is 1.91. The van der Waals surface area contributed by atoms with Crippen LogP contribution < -0.4 is 10.5 Å². The van der Waals surface area contributed by atoms with Gasteiger partial charge in [0.05, 0.1) is 6.10 Å². The number of nitrogens with two attached hydrogens (primary N) is 1. The van der Waals surface area contributed by atoms with Crippen LogP contribution in [0.15, 0.2) is 48.5 Å². The van der Waals surface area contributed by atoms with Crippen molar-refractivity contribution < 1.29 is 9.53 Å². The van der Waals surface area contributed by atoms with Gasteiger partial charge in [0, 0.05) is 17.7 Å². The molecule has 0 unspecified atom stereocenters. The number of hydrogen-bond acceptors (Lipinski definition) is 3. The highest BCUT2D eigenvalue weighted by atomic mass is 16.5. The molecule has 0 amide bonds. The van der Waals surface area contributed by atoms with Gasteiger partial charge in [-0.05, 0) is 55.8 Å². The van der Waals surface area contributed by atoms with Crippen molar-refractivity contribution in [1.82, 2.24) is 0 Å². The van der Waals surface area contributed by atoms with E-state index < -0.39 is 0 Å². The minimum Gasteiger partial charge on any atom is -0.491 e. The van der Waals surface area contributed by atoms with Crippen LogP contribution in [0.2, 0.25) is 0 Å². The highest BCUT2D eigenvalue weighted by Crippen LogP contribution is 2.16. The van der Waals surface area contributed by atoms with E-state index in [1.807, 2.05) is 50.2 Å². The first-order chi connectivity index (χ1) is 9.54. The van der Waals surface area contributed by atoms with Crippen LogP contribution >= 0.6 is 0 Å². The Bertz CT molecular complexity index is 571. The summed E-state index contributed by atoms with van der Waals surface area (Å²) < 4.78 is 5.56. The number of carbonyl (C=O) groups excluding carboxylic acids is 1. The second-order valence-electron chi connectivity index (χ2n) is 5.03. The quantitative estimate of drug-likeness (QED) is 0.668. The third-order valence-corrected chi connectivity index (χ3v) is 2.89. The van der Waals surface area contributed by atoms with E-state index in [0.717, 1.165) is 11.3 Å². The van der Waals surface area contributed by atoms with Crippen molar-refractivity contribution in [2.75, 3.05) is 5.73 Å². The van der Waals surface area contributed by atoms with E-state index >= 15 is 0 Å². The number of ether oxygens (including phenoxy) is 1. The lowest BCUT2D eigenvalue weighted by atomic mass is 10.0. The normalized spacial score (nSPS) is 10.6. The zero-order chi connectivity index (χ0) is 14.5. The molecule has 0 aliphatic heterocycles. The van der Waals surface area contributed by atoms with Gasteiger partial charge in [0.15, 0.2) is 5.78 Å². The van der Waals surface area contributed by atoms with E-state index in [9.17, 15) is 4.79 Å². The first kappa shape index (κ1) is 14.1. The summed E-state index contributed by atoms with van der Waals surface area (Å²) in [6.45, 7) is 3.94. The van der Waals surface area contributed by atoms with Gasteiger partial charge in [-0.2, -0.15) is 0 Å². The average Bonchev–Trinajstić information content (AvgIpc) is 2.41. The summed E-state index contributed by atoms with van der Waals surface area (Å²) in [5.74, 6) is 0.870. The van der Waals surface area contributed by atoms with Crippen LogP contribution in [0.3, 0.4) is 0 Å². The molecule has 0 spiro atoms. The minimum atomic E-state index is 0.0888. The lowest BCUT2D eigenvalue weighted by molar-refractivity contribution is 0.0993. The molecule has 2 N–H and O–H groups in total. The molecular formula is C17H19NO2. The molecule has 0 aromatic heterocycles. The number of benzene rings is 2. The molecule has 0 fully saturated rings. The van der Waals surface area contributed by atoms with Gasteiger partial charge in [-0.3, -0.25) is 4.79 Å². The summed E-state index contributed by atoms with van der Waals surface area (Å²) in [6, 6.07) is 14.6. The molecule has 20 heavy (non-hydrogen) atoms. The number of ketones is 1. The Labute approximate surface area is 119 Å². The van der Waals surface area contributed by atoms with E-state index in [-0.39, 0.29) is 11.9 Å². The lowest BCUT2D eigenvalue weighted by Crippen LogP contribution is -2.06. The molecule has 0 saturated carbocycles. The van der Waals surface area contributed by atoms with Gasteiger partial charge in [-0.1, -0.05) is 12.1 Å². The number of hydrogen-bond donors (Lipinski definition) is 1. The summed E-state index contributed by atoms with van der Waals surface area (Å²) in [5.41, 5.74) is 7.99. The van der Waals surface area contributed by atoms with Crippen LogP contribution in [0.1, 0.15) is 29.8 Å². The van der Waals surface area contributed by atoms with Crippen molar-refractivity contribution in [3.8, 4) is 5.75 Å². The monoisotopic (exact) mass is 269 g/mol. The fraction of sp³-hybridized carbons (Fsp3) is 0.235. The third kappa shape index (κ3) is 3.85. The van der Waals surface area contributed by atoms with Gasteiger partial charge in [0.1, 0.15) is 5.75 Å². The van der Waals surface area contributed by atoms with Crippen LogP contribution in [0.4, 0.5) is 5.69 Å². The van der Waals surface area contributed by atoms with Crippen molar-refractivity contribution in [2.45, 2.75) is 26.4 Å². The third-order valence-electron chi connectivity index (χ3n) is 2.89. The molecule has 0 radical (unpaired) electrons. The van der Waals surface area contributed by atoms with Crippen molar-refractivity contribution in [3.63, 3.8) is 0 Å². The maximum atomic E-state index is 12.2. The summed E-state index contributed by atoms with van der Waals surface area (Å²) in [5, 5.41) is 0. The van der Waals surface area contributed by atoms with Gasteiger partial charge >= 0.3 is 0 Å². The van der Waals surface area contributed by atoms with Gasteiger partial charge < -0.3 is 10.5 Å². The van der Waals surface area contributed by atoms with Gasteiger partial charge in [-0.15, -0.1) is 0 Å². The smallest absolute Gasteiger partial charge is 0.167 e. The van der Waals surface area contributed by atoms with Crippen molar-refractivity contribution >= 4 is 11.5 Å². The van der Waals surface area contributed by atoms with Crippen LogP contribution in [0.5, 0.6) is 5.75 Å². The molecule has 3 heteroatoms. The van der Waals surface area contributed by atoms with Gasteiger partial charge in [0.25, 0.3) is 0 Å². The molecule has 0 bridgehead atoms. The molecule has 0 aliphatic rings. The van der Waals surface area contributed by atoms with Crippen LogP contribution in [0.25, 0.3) is 0 Å². The fourth-order valence-corrected chi connectivity index (χ4v) is 1.91. The van der Waals surface area contributed by atoms with Crippen molar-refractivity contribution in [3.05, 3.63) is 59.7 Å². The second-order valence-corrected chi connectivity index (χ2v) is 5.03. The maximum absolute atomic E-state index is 12.2. The standard InChI is InChI=1S/C17H19NO2/c1-12(2)20-16-9-5-14(6-10-16)17(19)11-13-3-7-15(18)8-4-13/h3-10,12H,11,18H2,1-2H3. The van der Waals surface area contributed by atoms with E-state index in [1.54, 1.807) is 12.1 Å². The average molecular weight is 269 g/mol. The molecule has 3 nitrogen and oxygen atoms in total. The number of carbonyl (C=O) groups is 1. The van der Waals surface area contributed by atoms with Crippen LogP contribution in [-0.4, -0.2) is 11.9 Å². The Kier molecular flexibility index (Phi) is 4.41. The SMILES string of the molecule is CC(C)Oc1ccc(C(=O)Cc2ccc(N)cc2)cc1. The Morgan fingerprint density at radius 1 is 1.05 bits per heavy atom. The number of rotatable bonds is 5. The van der Waals surface area contributed by atoms with Gasteiger partial charge in [-0.25, -0.2) is 0 Å². The van der Waals surface area contributed by atoms with Crippen molar-refractivity contribution in [1.29, 1.82) is 0 Å². The van der Waals surface area contributed by atoms with Crippen LogP contribution in [-0.2, 0) is 6.42 Å². The highest BCUT2D eigenvalue weighted by molar-refractivity contribution is 5.97. The topological polar surface area (TPSA) is 52.3 Å². The summed E-state index contributed by atoms with van der Waals surface area (Å²) in [7, 11) is 0. The largest absolute Gasteiger partial charge is 0.491 e. The van der Waals surface area contributed by atoms with Gasteiger partial charge in [0.2, 0.25) is 0 Å². The first-order valence-corrected chi connectivity index (χ1v) is 6.69. The highest BCUT2D eigenvalue weighted by Gasteiger charge is 2.07. The van der Waals surface area contributed by atoms with Crippen molar-refractivity contribution in [2.24, 2.45) is 0 Å². The molecule has 2 aromatic rings. The predicted octanol–water partition coefficient (Wildman–Crippen LogP) is 3.48. The van der Waals surface area contributed by atoms with E-state index in [4.69, 9.17) is 10.5 Å².